The number of fused-ring (bicyclic) bond motifs is 1. The highest BCUT2D eigenvalue weighted by Crippen LogP contribution is 2.33. The molecule has 2 aromatic carbocycles. The van der Waals surface area contributed by atoms with Crippen molar-refractivity contribution in [2.45, 2.75) is 19.7 Å². The number of alkyl halides is 3. The second kappa shape index (κ2) is 7.79. The summed E-state index contributed by atoms with van der Waals surface area (Å²) >= 11 is 0. The number of hydrogen-bond acceptors (Lipinski definition) is 4. The van der Waals surface area contributed by atoms with Crippen molar-refractivity contribution in [3.05, 3.63) is 48.0 Å². The first-order chi connectivity index (χ1) is 13.2. The standard InChI is InChI=1S/C19H17F3N2O4/c1-12-5-6-16-15(9-12)24(18(26)11-27-16)8-7-17(25)23-13-3-2-4-14(10-13)28-19(20,21)22/h2-6,9-10H,7-8,11H2,1H3,(H,23,25). The molecule has 3 rings (SSSR count). The minimum Gasteiger partial charge on any atom is -0.482 e. The molecule has 0 aromatic heterocycles. The lowest BCUT2D eigenvalue weighted by molar-refractivity contribution is -0.274. The van der Waals surface area contributed by atoms with Crippen molar-refractivity contribution in [2.24, 2.45) is 0 Å². The maximum Gasteiger partial charge on any atom is 0.573 e. The van der Waals surface area contributed by atoms with Crippen LogP contribution in [-0.2, 0) is 9.59 Å². The molecule has 9 heteroatoms. The van der Waals surface area contributed by atoms with Crippen molar-refractivity contribution in [3.63, 3.8) is 0 Å². The Morgan fingerprint density at radius 1 is 1.25 bits per heavy atom. The molecule has 1 heterocycles. The summed E-state index contributed by atoms with van der Waals surface area (Å²) in [6.45, 7) is 1.87. The van der Waals surface area contributed by atoms with Gasteiger partial charge in [0.25, 0.3) is 5.91 Å². The number of halogens is 3. The predicted octanol–water partition coefficient (Wildman–Crippen LogP) is 3.65. The van der Waals surface area contributed by atoms with Gasteiger partial charge in [0.15, 0.2) is 6.61 Å². The molecule has 0 fully saturated rings. The van der Waals surface area contributed by atoms with E-state index in [0.717, 1.165) is 17.7 Å². The third kappa shape index (κ3) is 4.93. The molecule has 1 aliphatic heterocycles. The van der Waals surface area contributed by atoms with Crippen LogP contribution >= 0.6 is 0 Å². The van der Waals surface area contributed by atoms with Crippen LogP contribution in [0.5, 0.6) is 11.5 Å². The summed E-state index contributed by atoms with van der Waals surface area (Å²) in [6.07, 6.45) is -4.85. The molecule has 2 amide bonds. The Morgan fingerprint density at radius 3 is 2.79 bits per heavy atom. The average molecular weight is 394 g/mol. The van der Waals surface area contributed by atoms with E-state index >= 15 is 0 Å². The maximum absolute atomic E-state index is 12.3. The number of carbonyl (C=O) groups excluding carboxylic acids is 2. The number of nitrogens with zero attached hydrogens (tertiary/aromatic N) is 1. The minimum atomic E-state index is -4.81. The zero-order valence-corrected chi connectivity index (χ0v) is 14.9. The Morgan fingerprint density at radius 2 is 2.04 bits per heavy atom. The van der Waals surface area contributed by atoms with Crippen molar-refractivity contribution < 1.29 is 32.2 Å². The van der Waals surface area contributed by atoms with E-state index in [0.29, 0.717) is 11.4 Å². The molecule has 0 spiro atoms. The monoisotopic (exact) mass is 394 g/mol. The van der Waals surface area contributed by atoms with Crippen LogP contribution in [0.15, 0.2) is 42.5 Å². The van der Waals surface area contributed by atoms with Crippen LogP contribution in [-0.4, -0.2) is 31.3 Å². The third-order valence-corrected chi connectivity index (χ3v) is 3.97. The number of amides is 2. The van der Waals surface area contributed by atoms with Crippen LogP contribution in [0.4, 0.5) is 24.5 Å². The van der Waals surface area contributed by atoms with Gasteiger partial charge in [0, 0.05) is 24.7 Å². The van der Waals surface area contributed by atoms with Gasteiger partial charge in [-0.1, -0.05) is 12.1 Å². The quantitative estimate of drug-likeness (QED) is 0.841. The number of ether oxygens (including phenoxy) is 2. The summed E-state index contributed by atoms with van der Waals surface area (Å²) in [7, 11) is 0. The molecule has 148 valence electrons. The highest BCUT2D eigenvalue weighted by Gasteiger charge is 2.31. The van der Waals surface area contributed by atoms with Gasteiger partial charge in [-0.05, 0) is 36.8 Å². The van der Waals surface area contributed by atoms with Gasteiger partial charge in [-0.25, -0.2) is 0 Å². The average Bonchev–Trinajstić information content (AvgIpc) is 2.59. The summed E-state index contributed by atoms with van der Waals surface area (Å²) in [5, 5.41) is 2.50. The molecule has 0 unspecified atom stereocenters. The lowest BCUT2D eigenvalue weighted by Crippen LogP contribution is -2.40. The summed E-state index contributed by atoms with van der Waals surface area (Å²) in [5.74, 6) is -0.593. The molecule has 28 heavy (non-hydrogen) atoms. The number of carbonyl (C=O) groups is 2. The lowest BCUT2D eigenvalue weighted by atomic mass is 10.1. The van der Waals surface area contributed by atoms with Gasteiger partial charge < -0.3 is 19.7 Å². The van der Waals surface area contributed by atoms with Crippen molar-refractivity contribution in [2.75, 3.05) is 23.4 Å². The van der Waals surface area contributed by atoms with Gasteiger partial charge >= 0.3 is 6.36 Å². The van der Waals surface area contributed by atoms with Crippen molar-refractivity contribution >= 4 is 23.2 Å². The van der Waals surface area contributed by atoms with E-state index in [1.165, 1.54) is 17.0 Å². The molecule has 0 saturated heterocycles. The molecule has 6 nitrogen and oxygen atoms in total. The second-order valence-electron chi connectivity index (χ2n) is 6.18. The lowest BCUT2D eigenvalue weighted by Gasteiger charge is -2.29. The number of aryl methyl sites for hydroxylation is 1. The molecule has 0 aliphatic carbocycles. The summed E-state index contributed by atoms with van der Waals surface area (Å²) < 4.78 is 46.1. The zero-order valence-electron chi connectivity index (χ0n) is 14.9. The fourth-order valence-corrected chi connectivity index (χ4v) is 2.77. The largest absolute Gasteiger partial charge is 0.573 e. The topological polar surface area (TPSA) is 67.9 Å². The van der Waals surface area contributed by atoms with Gasteiger partial charge in [0.05, 0.1) is 5.69 Å². The summed E-state index contributed by atoms with van der Waals surface area (Å²) in [5.41, 5.74) is 1.69. The van der Waals surface area contributed by atoms with Crippen LogP contribution in [0, 0.1) is 6.92 Å². The van der Waals surface area contributed by atoms with Gasteiger partial charge in [-0.15, -0.1) is 13.2 Å². The molecule has 1 aliphatic rings. The molecular formula is C19H17F3N2O4. The molecule has 1 N–H and O–H groups in total. The van der Waals surface area contributed by atoms with E-state index in [9.17, 15) is 22.8 Å². The highest BCUT2D eigenvalue weighted by molar-refractivity contribution is 5.99. The van der Waals surface area contributed by atoms with Crippen molar-refractivity contribution in [1.29, 1.82) is 0 Å². The smallest absolute Gasteiger partial charge is 0.482 e. The molecule has 0 atom stereocenters. The predicted molar refractivity (Wildman–Crippen MR) is 95.4 cm³/mol. The van der Waals surface area contributed by atoms with E-state index in [4.69, 9.17) is 4.74 Å². The van der Waals surface area contributed by atoms with Crippen molar-refractivity contribution in [3.8, 4) is 11.5 Å². The van der Waals surface area contributed by atoms with Crippen LogP contribution in [0.25, 0.3) is 0 Å². The Balaban J connectivity index is 1.63. The van der Waals surface area contributed by atoms with E-state index in [1.807, 2.05) is 13.0 Å². The van der Waals surface area contributed by atoms with Gasteiger partial charge in [0.2, 0.25) is 5.91 Å². The summed E-state index contributed by atoms with van der Waals surface area (Å²) in [4.78, 5) is 25.8. The molecule has 0 radical (unpaired) electrons. The molecule has 2 aromatic rings. The Bertz CT molecular complexity index is 899. The number of anilines is 2. The zero-order chi connectivity index (χ0) is 20.3. The van der Waals surface area contributed by atoms with Crippen molar-refractivity contribution in [1.82, 2.24) is 0 Å². The summed E-state index contributed by atoms with van der Waals surface area (Å²) in [6, 6.07) is 10.4. The van der Waals surface area contributed by atoms with Gasteiger partial charge in [0.1, 0.15) is 11.5 Å². The van der Waals surface area contributed by atoms with Gasteiger partial charge in [-0.3, -0.25) is 9.59 Å². The molecule has 0 bridgehead atoms. The Labute approximate surface area is 158 Å². The van der Waals surface area contributed by atoms with E-state index in [2.05, 4.69) is 10.1 Å². The molecule has 0 saturated carbocycles. The van der Waals surface area contributed by atoms with Crippen LogP contribution < -0.4 is 19.7 Å². The normalized spacial score (nSPS) is 13.6. The third-order valence-electron chi connectivity index (χ3n) is 3.97. The Kier molecular flexibility index (Phi) is 5.43. The SMILES string of the molecule is Cc1ccc2c(c1)N(CCC(=O)Nc1cccc(OC(F)(F)F)c1)C(=O)CO2. The first-order valence-corrected chi connectivity index (χ1v) is 8.41. The van der Waals surface area contributed by atoms with Crippen LogP contribution in [0.1, 0.15) is 12.0 Å². The number of hydrogen-bond donors (Lipinski definition) is 1. The number of nitrogens with one attached hydrogen (secondary N) is 1. The Hall–Kier alpha value is -3.23. The maximum atomic E-state index is 12.3. The van der Waals surface area contributed by atoms with E-state index < -0.39 is 18.0 Å². The highest BCUT2D eigenvalue weighted by atomic mass is 19.4. The second-order valence-corrected chi connectivity index (χ2v) is 6.18. The number of rotatable bonds is 5. The fourth-order valence-electron chi connectivity index (χ4n) is 2.77. The first-order valence-electron chi connectivity index (χ1n) is 8.41. The fraction of sp³-hybridized carbons (Fsp3) is 0.263. The van der Waals surface area contributed by atoms with Gasteiger partial charge in [-0.2, -0.15) is 0 Å². The van der Waals surface area contributed by atoms with E-state index in [1.54, 1.807) is 12.1 Å². The number of benzene rings is 2. The minimum absolute atomic E-state index is 0.0382. The first kappa shape index (κ1) is 19.5. The van der Waals surface area contributed by atoms with Crippen LogP contribution in [0.3, 0.4) is 0 Å². The van der Waals surface area contributed by atoms with E-state index in [-0.39, 0.29) is 31.2 Å². The van der Waals surface area contributed by atoms with Crippen LogP contribution in [0.2, 0.25) is 0 Å². The molecular weight excluding hydrogens is 377 g/mol.